The largest absolute Gasteiger partial charge is 0.392 e. The third-order valence-electron chi connectivity index (χ3n) is 1.86. The maximum Gasteiger partial charge on any atom is 0.186 e. The second kappa shape index (κ2) is 6.43. The second-order valence-electron chi connectivity index (χ2n) is 3.10. The monoisotopic (exact) mass is 222 g/mol. The van der Waals surface area contributed by atoms with Gasteiger partial charge in [0.1, 0.15) is 0 Å². The van der Waals surface area contributed by atoms with Gasteiger partial charge in [-0.3, -0.25) is 4.79 Å². The average molecular weight is 222 g/mol. The zero-order valence-electron chi connectivity index (χ0n) is 8.64. The van der Waals surface area contributed by atoms with Crippen molar-refractivity contribution in [3.05, 3.63) is 41.5 Å². The highest BCUT2D eigenvalue weighted by Gasteiger charge is 1.91. The summed E-state index contributed by atoms with van der Waals surface area (Å²) in [6.45, 7) is 1.64. The molecule has 15 heavy (non-hydrogen) atoms. The molecule has 0 aromatic heterocycles. The number of carbonyl (C=O) groups is 1. The standard InChI is InChI=1S/C12H14O2S/c1-10(14)15-8-2-3-11-4-6-12(9-13)7-5-11/h2-7,13H,8-9H2,1H3. The molecule has 1 aromatic carbocycles. The lowest BCUT2D eigenvalue weighted by molar-refractivity contribution is -0.109. The molecule has 1 rings (SSSR count). The lowest BCUT2D eigenvalue weighted by atomic mass is 10.1. The van der Waals surface area contributed by atoms with Crippen LogP contribution in [-0.2, 0) is 11.4 Å². The molecular weight excluding hydrogens is 208 g/mol. The van der Waals surface area contributed by atoms with E-state index in [1.807, 2.05) is 36.4 Å². The molecule has 0 radical (unpaired) electrons. The Morgan fingerprint density at radius 2 is 2.07 bits per heavy atom. The van der Waals surface area contributed by atoms with Crippen LogP contribution in [0.4, 0.5) is 0 Å². The van der Waals surface area contributed by atoms with E-state index >= 15 is 0 Å². The minimum Gasteiger partial charge on any atom is -0.392 e. The van der Waals surface area contributed by atoms with Gasteiger partial charge in [-0.15, -0.1) is 0 Å². The van der Waals surface area contributed by atoms with Gasteiger partial charge in [0.15, 0.2) is 5.12 Å². The number of rotatable bonds is 4. The topological polar surface area (TPSA) is 37.3 Å². The fourth-order valence-corrected chi connectivity index (χ4v) is 1.51. The SMILES string of the molecule is CC(=O)SCC=Cc1ccc(CO)cc1. The fourth-order valence-electron chi connectivity index (χ4n) is 1.08. The van der Waals surface area contributed by atoms with Gasteiger partial charge in [-0.2, -0.15) is 0 Å². The van der Waals surface area contributed by atoms with Crippen molar-refractivity contribution < 1.29 is 9.90 Å². The maximum atomic E-state index is 10.6. The van der Waals surface area contributed by atoms with Crippen LogP contribution in [0.2, 0.25) is 0 Å². The minimum absolute atomic E-state index is 0.0736. The van der Waals surface area contributed by atoms with E-state index < -0.39 is 0 Å². The molecule has 0 spiro atoms. The van der Waals surface area contributed by atoms with Crippen LogP contribution in [0.15, 0.2) is 30.3 Å². The quantitative estimate of drug-likeness (QED) is 0.850. The van der Waals surface area contributed by atoms with Crippen molar-refractivity contribution in [2.45, 2.75) is 13.5 Å². The molecule has 80 valence electrons. The summed E-state index contributed by atoms with van der Waals surface area (Å²) in [7, 11) is 0. The smallest absolute Gasteiger partial charge is 0.186 e. The summed E-state index contributed by atoms with van der Waals surface area (Å²) < 4.78 is 0. The Bertz CT molecular complexity index is 341. The Morgan fingerprint density at radius 3 is 2.60 bits per heavy atom. The summed E-state index contributed by atoms with van der Waals surface area (Å²) in [4.78, 5) is 10.6. The summed E-state index contributed by atoms with van der Waals surface area (Å²) in [6.07, 6.45) is 3.93. The third-order valence-corrected chi connectivity index (χ3v) is 2.62. The molecule has 0 bridgehead atoms. The van der Waals surface area contributed by atoms with Crippen LogP contribution in [0.25, 0.3) is 6.08 Å². The van der Waals surface area contributed by atoms with E-state index in [-0.39, 0.29) is 11.7 Å². The molecule has 2 nitrogen and oxygen atoms in total. The van der Waals surface area contributed by atoms with E-state index in [4.69, 9.17) is 5.11 Å². The van der Waals surface area contributed by atoms with Gasteiger partial charge in [-0.05, 0) is 11.1 Å². The van der Waals surface area contributed by atoms with Crippen LogP contribution >= 0.6 is 11.8 Å². The summed E-state index contributed by atoms with van der Waals surface area (Å²) in [5, 5.41) is 8.98. The predicted molar refractivity (Wildman–Crippen MR) is 64.5 cm³/mol. The highest BCUT2D eigenvalue weighted by atomic mass is 32.2. The van der Waals surface area contributed by atoms with E-state index in [9.17, 15) is 4.79 Å². The Balaban J connectivity index is 2.46. The molecule has 0 saturated heterocycles. The van der Waals surface area contributed by atoms with Gasteiger partial charge in [0.2, 0.25) is 0 Å². The zero-order chi connectivity index (χ0) is 11.1. The number of thioether (sulfide) groups is 1. The molecule has 0 fully saturated rings. The van der Waals surface area contributed by atoms with Crippen LogP contribution in [0.1, 0.15) is 18.1 Å². The number of hydrogen-bond acceptors (Lipinski definition) is 3. The van der Waals surface area contributed by atoms with Gasteiger partial charge >= 0.3 is 0 Å². The molecule has 3 heteroatoms. The maximum absolute atomic E-state index is 10.6. The van der Waals surface area contributed by atoms with Crippen LogP contribution in [-0.4, -0.2) is 16.0 Å². The third kappa shape index (κ3) is 4.81. The average Bonchev–Trinajstić information content (AvgIpc) is 2.25. The molecule has 0 atom stereocenters. The molecule has 1 N–H and O–H groups in total. The molecule has 0 heterocycles. The molecule has 0 aliphatic carbocycles. The number of carbonyl (C=O) groups excluding carboxylic acids is 1. The number of hydrogen-bond donors (Lipinski definition) is 1. The summed E-state index contributed by atoms with van der Waals surface area (Å²) in [6, 6.07) is 7.66. The van der Waals surface area contributed by atoms with Crippen LogP contribution < -0.4 is 0 Å². The van der Waals surface area contributed by atoms with Crippen molar-refractivity contribution in [1.29, 1.82) is 0 Å². The Kier molecular flexibility index (Phi) is 5.15. The first-order chi connectivity index (χ1) is 7.22. The Morgan fingerprint density at radius 1 is 1.40 bits per heavy atom. The minimum atomic E-state index is 0.0736. The van der Waals surface area contributed by atoms with Gasteiger partial charge in [0.05, 0.1) is 6.61 Å². The van der Waals surface area contributed by atoms with E-state index in [0.29, 0.717) is 5.75 Å². The van der Waals surface area contributed by atoms with Crippen LogP contribution in [0.5, 0.6) is 0 Å². The first kappa shape index (κ1) is 12.0. The van der Waals surface area contributed by atoms with Gasteiger partial charge in [-0.1, -0.05) is 48.2 Å². The number of benzene rings is 1. The van der Waals surface area contributed by atoms with Crippen molar-refractivity contribution in [2.24, 2.45) is 0 Å². The van der Waals surface area contributed by atoms with E-state index in [1.165, 1.54) is 11.8 Å². The van der Waals surface area contributed by atoms with E-state index in [2.05, 4.69) is 0 Å². The molecule has 0 saturated carbocycles. The normalized spacial score (nSPS) is 10.8. The second-order valence-corrected chi connectivity index (χ2v) is 4.30. The highest BCUT2D eigenvalue weighted by molar-refractivity contribution is 8.13. The molecule has 0 aliphatic heterocycles. The summed E-state index contributed by atoms with van der Waals surface area (Å²) in [5.74, 6) is 0.705. The molecule has 0 unspecified atom stereocenters. The van der Waals surface area contributed by atoms with Crippen molar-refractivity contribution in [3.8, 4) is 0 Å². The number of aliphatic hydroxyl groups excluding tert-OH is 1. The van der Waals surface area contributed by atoms with Crippen molar-refractivity contribution in [1.82, 2.24) is 0 Å². The zero-order valence-corrected chi connectivity index (χ0v) is 9.46. The van der Waals surface area contributed by atoms with Crippen LogP contribution in [0.3, 0.4) is 0 Å². The first-order valence-electron chi connectivity index (χ1n) is 4.72. The van der Waals surface area contributed by atoms with Gasteiger partial charge in [0, 0.05) is 12.7 Å². The van der Waals surface area contributed by atoms with Crippen molar-refractivity contribution >= 4 is 23.0 Å². The van der Waals surface area contributed by atoms with Crippen molar-refractivity contribution in [2.75, 3.05) is 5.75 Å². The Labute approximate surface area is 94.0 Å². The fraction of sp³-hybridized carbons (Fsp3) is 0.250. The molecule has 0 aliphatic rings. The predicted octanol–water partition coefficient (Wildman–Crippen LogP) is 2.47. The molecule has 0 amide bonds. The first-order valence-corrected chi connectivity index (χ1v) is 5.70. The van der Waals surface area contributed by atoms with Crippen molar-refractivity contribution in [3.63, 3.8) is 0 Å². The molecular formula is C12H14O2S. The lowest BCUT2D eigenvalue weighted by Crippen LogP contribution is -1.83. The molecule has 1 aromatic rings. The van der Waals surface area contributed by atoms with Crippen LogP contribution in [0, 0.1) is 0 Å². The Hall–Kier alpha value is -1.06. The van der Waals surface area contributed by atoms with Gasteiger partial charge in [-0.25, -0.2) is 0 Å². The lowest BCUT2D eigenvalue weighted by Gasteiger charge is -1.96. The number of aliphatic hydroxyl groups is 1. The summed E-state index contributed by atoms with van der Waals surface area (Å²) in [5.41, 5.74) is 1.99. The highest BCUT2D eigenvalue weighted by Crippen LogP contribution is 2.08. The van der Waals surface area contributed by atoms with E-state index in [1.54, 1.807) is 6.92 Å². The van der Waals surface area contributed by atoms with Gasteiger partial charge < -0.3 is 5.11 Å². The van der Waals surface area contributed by atoms with E-state index in [0.717, 1.165) is 11.1 Å². The van der Waals surface area contributed by atoms with Gasteiger partial charge in [0.25, 0.3) is 0 Å². The summed E-state index contributed by atoms with van der Waals surface area (Å²) >= 11 is 1.29.